The molecule has 5 heteroatoms. The molecule has 0 aliphatic carbocycles. The van der Waals surface area contributed by atoms with Crippen molar-refractivity contribution in [3.63, 3.8) is 0 Å². The van der Waals surface area contributed by atoms with Crippen LogP contribution in [0.5, 0.6) is 0 Å². The van der Waals surface area contributed by atoms with Crippen molar-refractivity contribution >= 4 is 21.6 Å². The number of hydrogen-bond donors (Lipinski definition) is 1. The summed E-state index contributed by atoms with van der Waals surface area (Å²) in [5, 5.41) is 7.44. The standard InChI is InChI=1S/C12H20BrN3O/c1-5-9(4)15-10-6-14-16(7-8(2)3)12(17)11(10)13/h6,8-9,15H,5,7H2,1-4H3. The zero-order chi connectivity index (χ0) is 13.0. The summed E-state index contributed by atoms with van der Waals surface area (Å²) in [4.78, 5) is 12.0. The molecule has 0 amide bonds. The van der Waals surface area contributed by atoms with E-state index in [4.69, 9.17) is 0 Å². The number of nitrogens with zero attached hydrogens (tertiary/aromatic N) is 2. The average molecular weight is 302 g/mol. The summed E-state index contributed by atoms with van der Waals surface area (Å²) < 4.78 is 2.06. The molecule has 0 aliphatic rings. The van der Waals surface area contributed by atoms with Gasteiger partial charge in [0.25, 0.3) is 5.56 Å². The summed E-state index contributed by atoms with van der Waals surface area (Å²) in [6.07, 6.45) is 2.71. The van der Waals surface area contributed by atoms with Crippen LogP contribution in [0.1, 0.15) is 34.1 Å². The summed E-state index contributed by atoms with van der Waals surface area (Å²) in [5.74, 6) is 0.403. The topological polar surface area (TPSA) is 46.9 Å². The van der Waals surface area contributed by atoms with Gasteiger partial charge in [-0.25, -0.2) is 4.68 Å². The predicted molar refractivity (Wildman–Crippen MR) is 74.4 cm³/mol. The minimum atomic E-state index is -0.0768. The molecule has 0 aliphatic heterocycles. The minimum Gasteiger partial charge on any atom is -0.380 e. The molecule has 17 heavy (non-hydrogen) atoms. The molecule has 0 bridgehead atoms. The van der Waals surface area contributed by atoms with E-state index in [9.17, 15) is 4.79 Å². The van der Waals surface area contributed by atoms with Gasteiger partial charge in [-0.2, -0.15) is 5.10 Å². The van der Waals surface area contributed by atoms with Crippen molar-refractivity contribution in [2.75, 3.05) is 5.32 Å². The van der Waals surface area contributed by atoms with Crippen molar-refractivity contribution in [3.05, 3.63) is 21.0 Å². The van der Waals surface area contributed by atoms with Crippen LogP contribution in [0.4, 0.5) is 5.69 Å². The quantitative estimate of drug-likeness (QED) is 0.910. The van der Waals surface area contributed by atoms with Crippen molar-refractivity contribution in [3.8, 4) is 0 Å². The molecule has 0 saturated carbocycles. The van der Waals surface area contributed by atoms with Crippen molar-refractivity contribution in [1.29, 1.82) is 0 Å². The largest absolute Gasteiger partial charge is 0.380 e. The summed E-state index contributed by atoms with van der Waals surface area (Å²) in [7, 11) is 0. The average Bonchev–Trinajstić information content (AvgIpc) is 2.28. The number of anilines is 1. The van der Waals surface area contributed by atoms with E-state index >= 15 is 0 Å². The van der Waals surface area contributed by atoms with Gasteiger partial charge in [-0.3, -0.25) is 4.79 Å². The van der Waals surface area contributed by atoms with Crippen LogP contribution in [-0.4, -0.2) is 15.8 Å². The van der Waals surface area contributed by atoms with Gasteiger partial charge >= 0.3 is 0 Å². The monoisotopic (exact) mass is 301 g/mol. The minimum absolute atomic E-state index is 0.0768. The van der Waals surface area contributed by atoms with E-state index < -0.39 is 0 Å². The summed E-state index contributed by atoms with van der Waals surface area (Å²) in [6.45, 7) is 8.94. The molecule has 0 fully saturated rings. The number of nitrogens with one attached hydrogen (secondary N) is 1. The van der Waals surface area contributed by atoms with Crippen LogP contribution in [0.2, 0.25) is 0 Å². The highest BCUT2D eigenvalue weighted by atomic mass is 79.9. The lowest BCUT2D eigenvalue weighted by Gasteiger charge is -2.15. The van der Waals surface area contributed by atoms with E-state index in [-0.39, 0.29) is 5.56 Å². The Morgan fingerprint density at radius 1 is 1.47 bits per heavy atom. The van der Waals surface area contributed by atoms with Gasteiger partial charge in [0.1, 0.15) is 4.47 Å². The Labute approximate surface area is 111 Å². The smallest absolute Gasteiger partial charge is 0.283 e. The first kappa shape index (κ1) is 14.2. The maximum atomic E-state index is 12.0. The van der Waals surface area contributed by atoms with Crippen LogP contribution in [0, 0.1) is 5.92 Å². The predicted octanol–water partition coefficient (Wildman–Crippen LogP) is 2.87. The fourth-order valence-electron chi connectivity index (χ4n) is 1.41. The van der Waals surface area contributed by atoms with Crippen molar-refractivity contribution in [2.45, 2.75) is 46.7 Å². The highest BCUT2D eigenvalue weighted by Gasteiger charge is 2.10. The lowest BCUT2D eigenvalue weighted by molar-refractivity contribution is 0.462. The highest BCUT2D eigenvalue weighted by molar-refractivity contribution is 9.10. The Bertz CT molecular complexity index is 428. The maximum Gasteiger partial charge on any atom is 0.283 e. The van der Waals surface area contributed by atoms with Crippen LogP contribution < -0.4 is 10.9 Å². The number of halogens is 1. The molecule has 1 heterocycles. The zero-order valence-electron chi connectivity index (χ0n) is 10.8. The Hall–Kier alpha value is -0.840. The first-order valence-electron chi connectivity index (χ1n) is 5.97. The van der Waals surface area contributed by atoms with E-state index in [1.165, 1.54) is 4.68 Å². The van der Waals surface area contributed by atoms with E-state index in [0.717, 1.165) is 12.1 Å². The van der Waals surface area contributed by atoms with Gasteiger partial charge in [0.05, 0.1) is 11.9 Å². The second-order valence-corrected chi connectivity index (χ2v) is 5.50. The molecule has 0 saturated heterocycles. The van der Waals surface area contributed by atoms with Crippen molar-refractivity contribution < 1.29 is 0 Å². The Kier molecular flexibility index (Phi) is 5.18. The number of rotatable bonds is 5. The molecule has 0 radical (unpaired) electrons. The van der Waals surface area contributed by atoms with Crippen LogP contribution >= 0.6 is 15.9 Å². The molecule has 1 unspecified atom stereocenters. The van der Waals surface area contributed by atoms with Crippen LogP contribution in [0.15, 0.2) is 15.5 Å². The van der Waals surface area contributed by atoms with E-state index in [0.29, 0.717) is 23.0 Å². The molecular weight excluding hydrogens is 282 g/mol. The van der Waals surface area contributed by atoms with E-state index in [1.54, 1.807) is 6.20 Å². The third kappa shape index (κ3) is 3.84. The molecule has 1 rings (SSSR count). The molecule has 1 aromatic rings. The first-order valence-corrected chi connectivity index (χ1v) is 6.77. The Morgan fingerprint density at radius 2 is 2.12 bits per heavy atom. The first-order chi connectivity index (χ1) is 7.95. The van der Waals surface area contributed by atoms with Crippen LogP contribution in [-0.2, 0) is 6.54 Å². The van der Waals surface area contributed by atoms with E-state index in [2.05, 4.69) is 54.0 Å². The van der Waals surface area contributed by atoms with Gasteiger partial charge in [-0.1, -0.05) is 20.8 Å². The van der Waals surface area contributed by atoms with E-state index in [1.807, 2.05) is 0 Å². The van der Waals surface area contributed by atoms with Gasteiger partial charge < -0.3 is 5.32 Å². The normalized spacial score (nSPS) is 12.8. The summed E-state index contributed by atoms with van der Waals surface area (Å²) >= 11 is 3.34. The Morgan fingerprint density at radius 3 is 2.65 bits per heavy atom. The molecule has 0 aromatic carbocycles. The molecule has 1 atom stereocenters. The highest BCUT2D eigenvalue weighted by Crippen LogP contribution is 2.17. The van der Waals surface area contributed by atoms with Gasteiger partial charge in [-0.15, -0.1) is 0 Å². The van der Waals surface area contributed by atoms with Crippen molar-refractivity contribution in [1.82, 2.24) is 9.78 Å². The second-order valence-electron chi connectivity index (χ2n) is 4.71. The molecule has 0 spiro atoms. The second kappa shape index (κ2) is 6.19. The van der Waals surface area contributed by atoms with Gasteiger partial charge in [-0.05, 0) is 35.2 Å². The number of aromatic nitrogens is 2. The number of hydrogen-bond acceptors (Lipinski definition) is 3. The zero-order valence-corrected chi connectivity index (χ0v) is 12.4. The molecule has 96 valence electrons. The summed E-state index contributed by atoms with van der Waals surface area (Å²) in [6, 6.07) is 0.327. The molecule has 1 aromatic heterocycles. The molecular formula is C12H20BrN3O. The van der Waals surface area contributed by atoms with Gasteiger partial charge in [0.15, 0.2) is 0 Å². The molecule has 1 N–H and O–H groups in total. The maximum absolute atomic E-state index is 12.0. The SMILES string of the molecule is CCC(C)Nc1cnn(CC(C)C)c(=O)c1Br. The van der Waals surface area contributed by atoms with Gasteiger partial charge in [0, 0.05) is 12.6 Å². The fourth-order valence-corrected chi connectivity index (χ4v) is 1.83. The molecule has 4 nitrogen and oxygen atoms in total. The lowest BCUT2D eigenvalue weighted by atomic mass is 10.2. The lowest BCUT2D eigenvalue weighted by Crippen LogP contribution is -2.27. The third-order valence-electron chi connectivity index (χ3n) is 2.54. The van der Waals surface area contributed by atoms with Crippen molar-refractivity contribution in [2.24, 2.45) is 5.92 Å². The van der Waals surface area contributed by atoms with Gasteiger partial charge in [0.2, 0.25) is 0 Å². The summed E-state index contributed by atoms with van der Waals surface area (Å²) in [5.41, 5.74) is 0.691. The Balaban J connectivity index is 2.98. The van der Waals surface area contributed by atoms with Crippen LogP contribution in [0.25, 0.3) is 0 Å². The fraction of sp³-hybridized carbons (Fsp3) is 0.667. The third-order valence-corrected chi connectivity index (χ3v) is 3.30. The van der Waals surface area contributed by atoms with Crippen LogP contribution in [0.3, 0.4) is 0 Å².